The van der Waals surface area contributed by atoms with E-state index in [4.69, 9.17) is 5.26 Å². The Balaban J connectivity index is 2.58. The van der Waals surface area contributed by atoms with Gasteiger partial charge in [0.15, 0.2) is 6.19 Å². The van der Waals surface area contributed by atoms with Gasteiger partial charge in [-0.05, 0) is 25.7 Å². The Labute approximate surface area is 68.6 Å². The van der Waals surface area contributed by atoms with Crippen LogP contribution in [0.4, 0.5) is 0 Å². The lowest BCUT2D eigenvalue weighted by Gasteiger charge is -2.38. The van der Waals surface area contributed by atoms with Gasteiger partial charge in [-0.2, -0.15) is 5.26 Å². The second-order valence-corrected chi connectivity index (χ2v) is 3.80. The molecule has 0 aliphatic heterocycles. The number of nitrogens with one attached hydrogen (secondary N) is 1. The van der Waals surface area contributed by atoms with Gasteiger partial charge in [0.2, 0.25) is 0 Å². The first-order valence-corrected chi connectivity index (χ1v) is 4.35. The Morgan fingerprint density at radius 1 is 1.55 bits per heavy atom. The van der Waals surface area contributed by atoms with E-state index in [0.29, 0.717) is 5.92 Å². The molecule has 1 N–H and O–H groups in total. The molecule has 1 saturated carbocycles. The summed E-state index contributed by atoms with van der Waals surface area (Å²) in [5, 5.41) is 11.5. The molecule has 2 heteroatoms. The molecule has 62 valence electrons. The van der Waals surface area contributed by atoms with Crippen molar-refractivity contribution in [3.05, 3.63) is 0 Å². The van der Waals surface area contributed by atoms with E-state index in [1.807, 2.05) is 0 Å². The van der Waals surface area contributed by atoms with E-state index in [2.05, 4.69) is 25.4 Å². The smallest absolute Gasteiger partial charge is 0.177 e. The third-order valence-corrected chi connectivity index (χ3v) is 3.01. The van der Waals surface area contributed by atoms with Crippen LogP contribution >= 0.6 is 0 Å². The monoisotopic (exact) mass is 152 g/mol. The minimum atomic E-state index is 0.0764. The van der Waals surface area contributed by atoms with Gasteiger partial charge in [0.25, 0.3) is 0 Å². The van der Waals surface area contributed by atoms with Crippen molar-refractivity contribution in [2.75, 3.05) is 0 Å². The van der Waals surface area contributed by atoms with Crippen molar-refractivity contribution in [1.82, 2.24) is 5.32 Å². The summed E-state index contributed by atoms with van der Waals surface area (Å²) in [4.78, 5) is 0. The highest BCUT2D eigenvalue weighted by Gasteiger charge is 2.32. The molecular formula is C9H16N2. The van der Waals surface area contributed by atoms with Crippen molar-refractivity contribution in [2.24, 2.45) is 5.92 Å². The van der Waals surface area contributed by atoms with Crippen LogP contribution in [0.15, 0.2) is 0 Å². The number of hydrogen-bond donors (Lipinski definition) is 1. The normalized spacial score (nSPS) is 37.7. The minimum absolute atomic E-state index is 0.0764. The highest BCUT2D eigenvalue weighted by molar-refractivity contribution is 4.95. The summed E-state index contributed by atoms with van der Waals surface area (Å²) in [6.07, 6.45) is 7.04. The van der Waals surface area contributed by atoms with Gasteiger partial charge in [-0.3, -0.25) is 0 Å². The first kappa shape index (κ1) is 8.39. The molecule has 2 nitrogen and oxygen atoms in total. The Bertz CT molecular complexity index is 171. The Hall–Kier alpha value is -0.710. The van der Waals surface area contributed by atoms with Crippen LogP contribution in [0.25, 0.3) is 0 Å². The molecule has 0 amide bonds. The van der Waals surface area contributed by atoms with E-state index in [-0.39, 0.29) is 5.54 Å². The van der Waals surface area contributed by atoms with E-state index in [9.17, 15) is 0 Å². The summed E-state index contributed by atoms with van der Waals surface area (Å²) in [7, 11) is 0. The maximum Gasteiger partial charge on any atom is 0.177 e. The van der Waals surface area contributed by atoms with E-state index in [0.717, 1.165) is 6.42 Å². The first-order valence-electron chi connectivity index (χ1n) is 4.35. The lowest BCUT2D eigenvalue weighted by atomic mass is 9.75. The van der Waals surface area contributed by atoms with Crippen LogP contribution in [-0.4, -0.2) is 5.54 Å². The average Bonchev–Trinajstić information content (AvgIpc) is 1.96. The van der Waals surface area contributed by atoms with Gasteiger partial charge >= 0.3 is 0 Å². The summed E-state index contributed by atoms with van der Waals surface area (Å²) in [5.41, 5.74) is 0.0764. The summed E-state index contributed by atoms with van der Waals surface area (Å²) in [6, 6.07) is 0. The predicted octanol–water partition coefficient (Wildman–Crippen LogP) is 2.03. The van der Waals surface area contributed by atoms with Gasteiger partial charge in [-0.15, -0.1) is 0 Å². The second-order valence-electron chi connectivity index (χ2n) is 3.80. The van der Waals surface area contributed by atoms with Crippen LogP contribution in [-0.2, 0) is 0 Å². The molecule has 2 unspecified atom stereocenters. The predicted molar refractivity (Wildman–Crippen MR) is 44.8 cm³/mol. The quantitative estimate of drug-likeness (QED) is 0.461. The van der Waals surface area contributed by atoms with Gasteiger partial charge in [0.1, 0.15) is 0 Å². The number of hydrogen-bond acceptors (Lipinski definition) is 2. The fraction of sp³-hybridized carbons (Fsp3) is 0.889. The van der Waals surface area contributed by atoms with Crippen molar-refractivity contribution in [1.29, 1.82) is 5.26 Å². The molecule has 1 rings (SSSR count). The van der Waals surface area contributed by atoms with E-state index in [1.54, 1.807) is 0 Å². The van der Waals surface area contributed by atoms with Crippen molar-refractivity contribution in [3.63, 3.8) is 0 Å². The molecule has 11 heavy (non-hydrogen) atoms. The molecule has 0 aromatic heterocycles. The Morgan fingerprint density at radius 3 is 2.82 bits per heavy atom. The van der Waals surface area contributed by atoms with Crippen molar-refractivity contribution < 1.29 is 0 Å². The molecule has 0 spiro atoms. The summed E-state index contributed by atoms with van der Waals surface area (Å²) < 4.78 is 0. The fourth-order valence-electron chi connectivity index (χ4n) is 1.82. The fourth-order valence-corrected chi connectivity index (χ4v) is 1.82. The maximum absolute atomic E-state index is 8.54. The van der Waals surface area contributed by atoms with Gasteiger partial charge < -0.3 is 5.32 Å². The van der Waals surface area contributed by atoms with Gasteiger partial charge in [0.05, 0.1) is 0 Å². The summed E-state index contributed by atoms with van der Waals surface area (Å²) in [6.45, 7) is 4.38. The number of nitriles is 1. The van der Waals surface area contributed by atoms with Crippen LogP contribution < -0.4 is 5.32 Å². The summed E-state index contributed by atoms with van der Waals surface area (Å²) in [5.74, 6) is 0.635. The molecule has 2 atom stereocenters. The average molecular weight is 152 g/mol. The van der Waals surface area contributed by atoms with Crippen molar-refractivity contribution >= 4 is 0 Å². The summed E-state index contributed by atoms with van der Waals surface area (Å²) >= 11 is 0. The first-order chi connectivity index (χ1) is 5.19. The second kappa shape index (κ2) is 3.13. The highest BCUT2D eigenvalue weighted by atomic mass is 15.0. The van der Waals surface area contributed by atoms with Gasteiger partial charge in [-0.1, -0.05) is 19.8 Å². The lowest BCUT2D eigenvalue weighted by Crippen LogP contribution is -2.47. The zero-order chi connectivity index (χ0) is 8.32. The van der Waals surface area contributed by atoms with E-state index >= 15 is 0 Å². The van der Waals surface area contributed by atoms with Crippen molar-refractivity contribution in [3.8, 4) is 6.19 Å². The lowest BCUT2D eigenvalue weighted by molar-refractivity contribution is 0.196. The molecule has 1 fully saturated rings. The highest BCUT2D eigenvalue weighted by Crippen LogP contribution is 2.32. The van der Waals surface area contributed by atoms with Gasteiger partial charge in [-0.25, -0.2) is 0 Å². The maximum atomic E-state index is 8.54. The standard InChI is InChI=1S/C9H16N2/c1-8-5-3-4-6-9(8,2)11-7-10/h8,11H,3-6H2,1-2H3. The Morgan fingerprint density at radius 2 is 2.27 bits per heavy atom. The minimum Gasteiger partial charge on any atom is -0.318 e. The molecule has 0 radical (unpaired) electrons. The van der Waals surface area contributed by atoms with Crippen LogP contribution in [0.2, 0.25) is 0 Å². The van der Waals surface area contributed by atoms with Gasteiger partial charge in [0, 0.05) is 5.54 Å². The third kappa shape index (κ3) is 1.65. The largest absolute Gasteiger partial charge is 0.318 e. The molecule has 1 aliphatic carbocycles. The SMILES string of the molecule is CC1CCCCC1(C)NC#N. The van der Waals surface area contributed by atoms with Crippen molar-refractivity contribution in [2.45, 2.75) is 45.1 Å². The molecule has 0 heterocycles. The zero-order valence-electron chi connectivity index (χ0n) is 7.35. The topological polar surface area (TPSA) is 35.8 Å². The molecule has 0 aromatic rings. The Kier molecular flexibility index (Phi) is 2.38. The molecule has 1 aliphatic rings. The van der Waals surface area contributed by atoms with E-state index < -0.39 is 0 Å². The zero-order valence-corrected chi connectivity index (χ0v) is 7.35. The van der Waals surface area contributed by atoms with E-state index in [1.165, 1.54) is 19.3 Å². The number of nitrogens with zero attached hydrogens (tertiary/aromatic N) is 1. The van der Waals surface area contributed by atoms with Crippen LogP contribution in [0.1, 0.15) is 39.5 Å². The molecular weight excluding hydrogens is 136 g/mol. The molecule has 0 bridgehead atoms. The van der Waals surface area contributed by atoms with Crippen LogP contribution in [0, 0.1) is 17.4 Å². The van der Waals surface area contributed by atoms with Crippen LogP contribution in [0.5, 0.6) is 0 Å². The third-order valence-electron chi connectivity index (χ3n) is 3.01. The number of rotatable bonds is 1. The molecule has 0 aromatic carbocycles. The van der Waals surface area contributed by atoms with Crippen LogP contribution in [0.3, 0.4) is 0 Å². The molecule has 0 saturated heterocycles.